The Balaban J connectivity index is 2.17. The number of hydrogen-bond acceptors (Lipinski definition) is 3. The fourth-order valence-corrected chi connectivity index (χ4v) is 1.94. The van der Waals surface area contributed by atoms with Crippen LogP contribution in [-0.4, -0.2) is 10.9 Å². The highest BCUT2D eigenvalue weighted by Crippen LogP contribution is 2.32. The number of amides is 1. The van der Waals surface area contributed by atoms with Gasteiger partial charge in [0, 0.05) is 23.7 Å². The van der Waals surface area contributed by atoms with Crippen LogP contribution in [0.2, 0.25) is 0 Å². The number of ether oxygens (including phenoxy) is 1. The SMILES string of the molecule is CC(C)(C)C(=O)NCc1cccnc1Oc1cccc(C(F)(F)F)c1. The van der Waals surface area contributed by atoms with Gasteiger partial charge in [-0.3, -0.25) is 4.79 Å². The van der Waals surface area contributed by atoms with Crippen LogP contribution >= 0.6 is 0 Å². The van der Waals surface area contributed by atoms with Crippen molar-refractivity contribution in [2.45, 2.75) is 33.5 Å². The molecule has 0 spiro atoms. The minimum absolute atomic E-state index is 0.0249. The van der Waals surface area contributed by atoms with E-state index in [9.17, 15) is 18.0 Å². The monoisotopic (exact) mass is 352 g/mol. The zero-order valence-electron chi connectivity index (χ0n) is 14.1. The van der Waals surface area contributed by atoms with Gasteiger partial charge in [0.15, 0.2) is 0 Å². The van der Waals surface area contributed by atoms with E-state index in [0.29, 0.717) is 5.56 Å². The number of hydrogen-bond donors (Lipinski definition) is 1. The van der Waals surface area contributed by atoms with Gasteiger partial charge < -0.3 is 10.1 Å². The summed E-state index contributed by atoms with van der Waals surface area (Å²) in [6.07, 6.45) is -2.98. The Bertz CT molecular complexity index is 752. The maximum atomic E-state index is 12.8. The molecule has 0 aliphatic heterocycles. The van der Waals surface area contributed by atoms with Gasteiger partial charge in [0.05, 0.1) is 5.56 Å². The second-order valence-corrected chi connectivity index (χ2v) is 6.53. The molecule has 0 atom stereocenters. The second kappa shape index (κ2) is 7.13. The van der Waals surface area contributed by atoms with Crippen LogP contribution in [0, 0.1) is 5.41 Å². The summed E-state index contributed by atoms with van der Waals surface area (Å²) in [6.45, 7) is 5.51. The van der Waals surface area contributed by atoms with Gasteiger partial charge in [-0.1, -0.05) is 32.9 Å². The standard InChI is InChI=1S/C18H19F3N2O2/c1-17(2,3)16(24)23-11-12-6-5-9-22-15(12)25-14-8-4-7-13(10-14)18(19,20)21/h4-10H,11H2,1-3H3,(H,23,24). The number of aromatic nitrogens is 1. The van der Waals surface area contributed by atoms with Crippen molar-refractivity contribution >= 4 is 5.91 Å². The molecule has 25 heavy (non-hydrogen) atoms. The Morgan fingerprint density at radius 3 is 2.52 bits per heavy atom. The molecular weight excluding hydrogens is 333 g/mol. The maximum absolute atomic E-state index is 12.8. The van der Waals surface area contributed by atoms with E-state index in [2.05, 4.69) is 10.3 Å². The number of carbonyl (C=O) groups is 1. The number of halogens is 3. The van der Waals surface area contributed by atoms with Crippen molar-refractivity contribution in [2.75, 3.05) is 0 Å². The van der Waals surface area contributed by atoms with E-state index >= 15 is 0 Å². The molecule has 1 heterocycles. The van der Waals surface area contributed by atoms with Gasteiger partial charge in [0.2, 0.25) is 11.8 Å². The molecule has 0 bridgehead atoms. The van der Waals surface area contributed by atoms with E-state index in [1.807, 2.05) is 0 Å². The van der Waals surface area contributed by atoms with E-state index < -0.39 is 17.2 Å². The lowest BCUT2D eigenvalue weighted by Gasteiger charge is -2.18. The summed E-state index contributed by atoms with van der Waals surface area (Å²) in [7, 11) is 0. The molecular formula is C18H19F3N2O2. The van der Waals surface area contributed by atoms with Crippen LogP contribution in [0.15, 0.2) is 42.6 Å². The van der Waals surface area contributed by atoms with Crippen LogP contribution < -0.4 is 10.1 Å². The Hall–Kier alpha value is -2.57. The van der Waals surface area contributed by atoms with E-state index in [0.717, 1.165) is 12.1 Å². The molecule has 0 unspecified atom stereocenters. The molecule has 1 amide bonds. The molecule has 0 saturated carbocycles. The molecule has 1 aromatic carbocycles. The predicted molar refractivity (Wildman–Crippen MR) is 87.1 cm³/mol. The molecule has 4 nitrogen and oxygen atoms in total. The van der Waals surface area contributed by atoms with E-state index in [1.54, 1.807) is 32.9 Å². The van der Waals surface area contributed by atoms with Crippen molar-refractivity contribution < 1.29 is 22.7 Å². The molecule has 1 N–H and O–H groups in total. The molecule has 2 aromatic rings. The lowest BCUT2D eigenvalue weighted by atomic mass is 9.95. The van der Waals surface area contributed by atoms with Gasteiger partial charge in [-0.2, -0.15) is 13.2 Å². The number of nitrogens with one attached hydrogen (secondary N) is 1. The van der Waals surface area contributed by atoms with Gasteiger partial charge >= 0.3 is 6.18 Å². The van der Waals surface area contributed by atoms with Crippen molar-refractivity contribution in [3.05, 3.63) is 53.7 Å². The Kier molecular flexibility index (Phi) is 5.35. The molecule has 1 aromatic heterocycles. The number of rotatable bonds is 4. The Morgan fingerprint density at radius 1 is 1.16 bits per heavy atom. The first-order valence-electron chi connectivity index (χ1n) is 7.64. The van der Waals surface area contributed by atoms with Crippen LogP contribution in [0.25, 0.3) is 0 Å². The average Bonchev–Trinajstić information content (AvgIpc) is 2.52. The van der Waals surface area contributed by atoms with Crippen molar-refractivity contribution in [1.82, 2.24) is 10.3 Å². The van der Waals surface area contributed by atoms with E-state index in [4.69, 9.17) is 4.74 Å². The first kappa shape index (κ1) is 18.8. The number of alkyl halides is 3. The molecule has 0 fully saturated rings. The van der Waals surface area contributed by atoms with Gasteiger partial charge in [0.25, 0.3) is 0 Å². The van der Waals surface area contributed by atoms with Crippen LogP contribution in [0.5, 0.6) is 11.6 Å². The molecule has 0 saturated heterocycles. The highest BCUT2D eigenvalue weighted by Gasteiger charge is 2.30. The maximum Gasteiger partial charge on any atom is 0.416 e. The smallest absolute Gasteiger partial charge is 0.416 e. The van der Waals surface area contributed by atoms with Crippen LogP contribution in [0.1, 0.15) is 31.9 Å². The fraction of sp³-hybridized carbons (Fsp3) is 0.333. The molecule has 134 valence electrons. The van der Waals surface area contributed by atoms with Crippen molar-refractivity contribution in [3.63, 3.8) is 0 Å². The van der Waals surface area contributed by atoms with Crippen molar-refractivity contribution in [3.8, 4) is 11.6 Å². The number of pyridine rings is 1. The lowest BCUT2D eigenvalue weighted by Crippen LogP contribution is -2.34. The topological polar surface area (TPSA) is 51.2 Å². The fourth-order valence-electron chi connectivity index (χ4n) is 1.94. The molecule has 0 radical (unpaired) electrons. The minimum atomic E-state index is -4.45. The summed E-state index contributed by atoms with van der Waals surface area (Å²) >= 11 is 0. The summed E-state index contributed by atoms with van der Waals surface area (Å²) in [5.74, 6) is 0.0225. The quantitative estimate of drug-likeness (QED) is 0.878. The lowest BCUT2D eigenvalue weighted by molar-refractivity contribution is -0.137. The van der Waals surface area contributed by atoms with E-state index in [-0.39, 0.29) is 24.1 Å². The number of benzene rings is 1. The van der Waals surface area contributed by atoms with Crippen LogP contribution in [0.4, 0.5) is 13.2 Å². The van der Waals surface area contributed by atoms with Gasteiger partial charge in [-0.15, -0.1) is 0 Å². The molecule has 7 heteroatoms. The summed E-state index contributed by atoms with van der Waals surface area (Å²) in [5, 5.41) is 2.76. The number of nitrogens with zero attached hydrogens (tertiary/aromatic N) is 1. The average molecular weight is 352 g/mol. The summed E-state index contributed by atoms with van der Waals surface area (Å²) < 4.78 is 43.9. The largest absolute Gasteiger partial charge is 0.439 e. The minimum Gasteiger partial charge on any atom is -0.439 e. The summed E-state index contributed by atoms with van der Waals surface area (Å²) in [4.78, 5) is 16.0. The summed E-state index contributed by atoms with van der Waals surface area (Å²) in [6, 6.07) is 7.92. The third-order valence-corrected chi connectivity index (χ3v) is 3.35. The van der Waals surface area contributed by atoms with Crippen LogP contribution in [-0.2, 0) is 17.5 Å². The zero-order valence-corrected chi connectivity index (χ0v) is 14.1. The van der Waals surface area contributed by atoms with Crippen molar-refractivity contribution in [1.29, 1.82) is 0 Å². The first-order valence-corrected chi connectivity index (χ1v) is 7.64. The molecule has 0 aliphatic rings. The zero-order chi connectivity index (χ0) is 18.7. The van der Waals surface area contributed by atoms with Gasteiger partial charge in [-0.25, -0.2) is 4.98 Å². The number of carbonyl (C=O) groups excluding carboxylic acids is 1. The first-order chi connectivity index (χ1) is 11.6. The van der Waals surface area contributed by atoms with E-state index in [1.165, 1.54) is 18.3 Å². The summed E-state index contributed by atoms with van der Waals surface area (Å²) in [5.41, 5.74) is -0.786. The predicted octanol–water partition coefficient (Wildman–Crippen LogP) is 4.56. The Morgan fingerprint density at radius 2 is 1.88 bits per heavy atom. The van der Waals surface area contributed by atoms with Gasteiger partial charge in [-0.05, 0) is 24.3 Å². The third kappa shape index (κ3) is 5.20. The highest BCUT2D eigenvalue weighted by molar-refractivity contribution is 5.81. The molecule has 0 aliphatic carbocycles. The molecule has 2 rings (SSSR count). The van der Waals surface area contributed by atoms with Crippen molar-refractivity contribution in [2.24, 2.45) is 5.41 Å². The normalized spacial score (nSPS) is 11.9. The Labute approximate surface area is 144 Å². The van der Waals surface area contributed by atoms with Gasteiger partial charge in [0.1, 0.15) is 5.75 Å². The highest BCUT2D eigenvalue weighted by atomic mass is 19.4. The third-order valence-electron chi connectivity index (χ3n) is 3.35. The van der Waals surface area contributed by atoms with Crippen LogP contribution in [0.3, 0.4) is 0 Å². The second-order valence-electron chi connectivity index (χ2n) is 6.53.